The van der Waals surface area contributed by atoms with E-state index in [1.165, 1.54) is 0 Å². The first-order chi connectivity index (χ1) is 13.7. The molecule has 0 aliphatic rings. The van der Waals surface area contributed by atoms with Crippen LogP contribution in [-0.4, -0.2) is 27.7 Å². The minimum atomic E-state index is -3.91. The molecule has 0 atom stereocenters. The van der Waals surface area contributed by atoms with Gasteiger partial charge in [-0.3, -0.25) is 4.79 Å². The maximum atomic E-state index is 14.4. The molecular formula is C20H17F2NO5S. The van der Waals surface area contributed by atoms with E-state index >= 15 is 0 Å². The quantitative estimate of drug-likeness (QED) is 0.660. The average Bonchev–Trinajstić information content (AvgIpc) is 2.66. The summed E-state index contributed by atoms with van der Waals surface area (Å²) in [5.41, 5.74) is -0.843. The summed E-state index contributed by atoms with van der Waals surface area (Å²) in [6, 6.07) is 12.1. The maximum absolute atomic E-state index is 14.4. The van der Waals surface area contributed by atoms with Crippen molar-refractivity contribution in [2.75, 3.05) is 13.4 Å². The van der Waals surface area contributed by atoms with Crippen molar-refractivity contribution in [3.05, 3.63) is 71.3 Å². The Morgan fingerprint density at radius 1 is 1.00 bits per heavy atom. The highest BCUT2D eigenvalue weighted by Gasteiger charge is 2.19. The molecule has 29 heavy (non-hydrogen) atoms. The van der Waals surface area contributed by atoms with Gasteiger partial charge in [-0.1, -0.05) is 24.3 Å². The number of hydrogen-bond acceptors (Lipinski definition) is 5. The third-order valence-corrected chi connectivity index (χ3v) is 4.66. The van der Waals surface area contributed by atoms with Crippen LogP contribution in [0.5, 0.6) is 11.5 Å². The normalized spacial score (nSPS) is 11.3. The topological polar surface area (TPSA) is 81.7 Å². The van der Waals surface area contributed by atoms with Crippen LogP contribution >= 0.6 is 0 Å². The van der Waals surface area contributed by atoms with E-state index in [1.54, 1.807) is 24.0 Å². The average molecular weight is 421 g/mol. The van der Waals surface area contributed by atoms with Gasteiger partial charge in [-0.15, -0.1) is 0 Å². The maximum Gasteiger partial charge on any atom is 0.267 e. The monoisotopic (exact) mass is 421 g/mol. The second-order valence-corrected chi connectivity index (χ2v) is 7.98. The van der Waals surface area contributed by atoms with E-state index in [9.17, 15) is 22.0 Å². The molecule has 0 radical (unpaired) electrons. The van der Waals surface area contributed by atoms with Crippen LogP contribution in [0.4, 0.5) is 8.78 Å². The number of carbonyl (C=O) groups excluding carboxylic acids is 1. The summed E-state index contributed by atoms with van der Waals surface area (Å²) in [6.45, 7) is -0.299. The Bertz CT molecular complexity index is 1190. The van der Waals surface area contributed by atoms with Gasteiger partial charge in [0.1, 0.15) is 29.7 Å². The van der Waals surface area contributed by atoms with Crippen LogP contribution in [0.1, 0.15) is 15.9 Å². The van der Waals surface area contributed by atoms with Gasteiger partial charge >= 0.3 is 0 Å². The molecule has 0 saturated heterocycles. The van der Waals surface area contributed by atoms with Crippen molar-refractivity contribution in [3.8, 4) is 11.5 Å². The lowest BCUT2D eigenvalue weighted by atomic mass is 10.1. The Labute approximate surface area is 166 Å². The molecule has 0 saturated carbocycles. The summed E-state index contributed by atoms with van der Waals surface area (Å²) in [4.78, 5) is 11.8. The lowest BCUT2D eigenvalue weighted by molar-refractivity contribution is 0.0977. The number of carbonyl (C=O) groups is 1. The fourth-order valence-electron chi connectivity index (χ4n) is 2.80. The summed E-state index contributed by atoms with van der Waals surface area (Å²) >= 11 is 0. The molecule has 3 aromatic carbocycles. The Morgan fingerprint density at radius 2 is 1.62 bits per heavy atom. The SMILES string of the molecule is COc1ccc(OCc2cc(F)c(C(=O)NS(C)(=O)=O)cc2F)c2ccccc12. The number of amides is 1. The van der Waals surface area contributed by atoms with E-state index in [2.05, 4.69) is 0 Å². The Hall–Kier alpha value is -3.20. The lowest BCUT2D eigenvalue weighted by Gasteiger charge is -2.13. The van der Waals surface area contributed by atoms with Crippen molar-refractivity contribution in [1.29, 1.82) is 0 Å². The molecular weight excluding hydrogens is 404 g/mol. The van der Waals surface area contributed by atoms with Crippen molar-refractivity contribution in [1.82, 2.24) is 4.72 Å². The third kappa shape index (κ3) is 4.62. The number of fused-ring (bicyclic) bond motifs is 1. The van der Waals surface area contributed by atoms with Crippen LogP contribution in [0, 0.1) is 11.6 Å². The summed E-state index contributed by atoms with van der Waals surface area (Å²) in [7, 11) is -2.36. The largest absolute Gasteiger partial charge is 0.496 e. The Balaban J connectivity index is 1.86. The molecule has 152 valence electrons. The Kier molecular flexibility index (Phi) is 5.69. The molecule has 3 aromatic rings. The zero-order valence-corrected chi connectivity index (χ0v) is 16.3. The van der Waals surface area contributed by atoms with Crippen molar-refractivity contribution < 1.29 is 31.5 Å². The van der Waals surface area contributed by atoms with E-state index < -0.39 is 33.1 Å². The summed E-state index contributed by atoms with van der Waals surface area (Å²) in [6.07, 6.45) is 0.737. The van der Waals surface area contributed by atoms with Gasteiger partial charge in [0.25, 0.3) is 5.91 Å². The number of halogens is 2. The van der Waals surface area contributed by atoms with Gasteiger partial charge in [0, 0.05) is 16.3 Å². The molecule has 0 spiro atoms. The fraction of sp³-hybridized carbons (Fsp3) is 0.150. The molecule has 0 aromatic heterocycles. The van der Waals surface area contributed by atoms with Gasteiger partial charge < -0.3 is 9.47 Å². The number of nitrogens with one attached hydrogen (secondary N) is 1. The molecule has 0 unspecified atom stereocenters. The molecule has 1 amide bonds. The van der Waals surface area contributed by atoms with Gasteiger partial charge in [-0.2, -0.15) is 0 Å². The van der Waals surface area contributed by atoms with Gasteiger partial charge in [0.05, 0.1) is 18.9 Å². The molecule has 0 bridgehead atoms. The molecule has 0 aliphatic carbocycles. The zero-order valence-electron chi connectivity index (χ0n) is 15.5. The number of ether oxygens (including phenoxy) is 2. The molecule has 9 heteroatoms. The highest BCUT2D eigenvalue weighted by molar-refractivity contribution is 7.89. The Morgan fingerprint density at radius 3 is 2.24 bits per heavy atom. The molecule has 6 nitrogen and oxygen atoms in total. The van der Waals surface area contributed by atoms with Gasteiger partial charge in [0.2, 0.25) is 10.0 Å². The third-order valence-electron chi connectivity index (χ3n) is 4.11. The van der Waals surface area contributed by atoms with Gasteiger partial charge in [-0.25, -0.2) is 21.9 Å². The predicted molar refractivity (Wildman–Crippen MR) is 104 cm³/mol. The lowest BCUT2D eigenvalue weighted by Crippen LogP contribution is -2.30. The van der Waals surface area contributed by atoms with Crippen molar-refractivity contribution in [2.45, 2.75) is 6.61 Å². The molecule has 0 fully saturated rings. The first-order valence-corrected chi connectivity index (χ1v) is 10.3. The van der Waals surface area contributed by atoms with Crippen LogP contribution in [0.25, 0.3) is 10.8 Å². The smallest absolute Gasteiger partial charge is 0.267 e. The highest BCUT2D eigenvalue weighted by atomic mass is 32.2. The number of sulfonamides is 1. The summed E-state index contributed by atoms with van der Waals surface area (Å²) < 4.78 is 63.4. The zero-order chi connectivity index (χ0) is 21.2. The second-order valence-electron chi connectivity index (χ2n) is 6.23. The number of rotatable bonds is 6. The van der Waals surface area contributed by atoms with E-state index in [0.717, 1.165) is 23.1 Å². The number of hydrogen-bond donors (Lipinski definition) is 1. The number of methoxy groups -OCH3 is 1. The standard InChI is InChI=1S/C20H17F2NO5S/c1-27-18-7-8-19(14-6-4-3-5-13(14)18)28-11-12-9-17(22)15(10-16(12)21)20(24)23-29(2,25)26/h3-10H,11H2,1-2H3,(H,23,24). The van der Waals surface area contributed by atoms with Crippen LogP contribution in [0.15, 0.2) is 48.5 Å². The molecule has 0 aliphatic heterocycles. The first-order valence-electron chi connectivity index (χ1n) is 8.38. The second kappa shape index (κ2) is 8.04. The fourth-order valence-corrected chi connectivity index (χ4v) is 3.25. The van der Waals surface area contributed by atoms with Crippen molar-refractivity contribution >= 4 is 26.7 Å². The molecule has 3 rings (SSSR count). The summed E-state index contributed by atoms with van der Waals surface area (Å²) in [5.74, 6) is -2.13. The van der Waals surface area contributed by atoms with E-state index in [-0.39, 0.29) is 12.2 Å². The molecule has 1 N–H and O–H groups in total. The van der Waals surface area contributed by atoms with Crippen LogP contribution in [0.3, 0.4) is 0 Å². The van der Waals surface area contributed by atoms with E-state index in [0.29, 0.717) is 17.6 Å². The minimum Gasteiger partial charge on any atom is -0.496 e. The van der Waals surface area contributed by atoms with Crippen LogP contribution in [-0.2, 0) is 16.6 Å². The van der Waals surface area contributed by atoms with Gasteiger partial charge in [0.15, 0.2) is 0 Å². The first kappa shape index (κ1) is 20.5. The van der Waals surface area contributed by atoms with Crippen LogP contribution in [0.2, 0.25) is 0 Å². The van der Waals surface area contributed by atoms with Crippen LogP contribution < -0.4 is 14.2 Å². The van der Waals surface area contributed by atoms with E-state index in [4.69, 9.17) is 9.47 Å². The number of benzene rings is 3. The minimum absolute atomic E-state index is 0.127. The van der Waals surface area contributed by atoms with Crippen molar-refractivity contribution in [3.63, 3.8) is 0 Å². The highest BCUT2D eigenvalue weighted by Crippen LogP contribution is 2.33. The van der Waals surface area contributed by atoms with Gasteiger partial charge in [-0.05, 0) is 24.3 Å². The summed E-state index contributed by atoms with van der Waals surface area (Å²) in [5, 5.41) is 1.53. The molecule has 0 heterocycles. The van der Waals surface area contributed by atoms with E-state index in [1.807, 2.05) is 24.3 Å². The van der Waals surface area contributed by atoms with Crippen molar-refractivity contribution in [2.24, 2.45) is 0 Å². The predicted octanol–water partition coefficient (Wildman–Crippen LogP) is 3.40.